The van der Waals surface area contributed by atoms with Gasteiger partial charge in [-0.05, 0) is 6.92 Å². The first-order chi connectivity index (χ1) is 9.45. The van der Waals surface area contributed by atoms with E-state index in [0.29, 0.717) is 19.8 Å². The van der Waals surface area contributed by atoms with Crippen molar-refractivity contribution in [1.82, 2.24) is 15.3 Å². The Morgan fingerprint density at radius 2 is 2.10 bits per heavy atom. The van der Waals surface area contributed by atoms with E-state index in [1.165, 1.54) is 0 Å². The van der Waals surface area contributed by atoms with Crippen LogP contribution in [-0.2, 0) is 4.74 Å². The number of anilines is 2. The van der Waals surface area contributed by atoms with E-state index in [2.05, 4.69) is 20.3 Å². The van der Waals surface area contributed by atoms with Gasteiger partial charge in [0.05, 0.1) is 13.2 Å². The van der Waals surface area contributed by atoms with Crippen LogP contribution in [0.25, 0.3) is 0 Å². The number of nitrogen functional groups attached to an aromatic ring is 2. The van der Waals surface area contributed by atoms with Gasteiger partial charge in [0.2, 0.25) is 0 Å². The van der Waals surface area contributed by atoms with Crippen LogP contribution in [0.5, 0.6) is 0 Å². The average molecular weight is 302 g/mol. The number of amides is 1. The minimum absolute atomic E-state index is 0.0564. The van der Waals surface area contributed by atoms with Gasteiger partial charge in [-0.2, -0.15) is 0 Å². The first-order valence-corrected chi connectivity index (χ1v) is 6.11. The summed E-state index contributed by atoms with van der Waals surface area (Å²) in [5.74, 6) is -0.955. The number of hydrogen-bond donors (Lipinski definition) is 4. The number of aromatic nitrogens is 2. The highest BCUT2D eigenvalue weighted by atomic mass is 35.5. The molecule has 110 valence electrons. The molecule has 0 spiro atoms. The lowest BCUT2D eigenvalue weighted by Crippen LogP contribution is -2.38. The van der Waals surface area contributed by atoms with E-state index in [4.69, 9.17) is 33.5 Å². The Morgan fingerprint density at radius 1 is 1.40 bits per heavy atom. The Kier molecular flexibility index (Phi) is 5.94. The lowest BCUT2D eigenvalue weighted by molar-refractivity contribution is 0.0972. The Balaban J connectivity index is 2.69. The van der Waals surface area contributed by atoms with Crippen molar-refractivity contribution in [2.45, 2.75) is 6.92 Å². The summed E-state index contributed by atoms with van der Waals surface area (Å²) in [5, 5.41) is 2.20. The molecule has 1 amide bonds. The second-order valence-corrected chi connectivity index (χ2v) is 3.91. The smallest absolute Gasteiger partial charge is 0.280 e. The molecule has 9 nitrogen and oxygen atoms in total. The van der Waals surface area contributed by atoms with Crippen LogP contribution in [0.3, 0.4) is 0 Å². The van der Waals surface area contributed by atoms with Crippen molar-refractivity contribution in [2.75, 3.05) is 31.2 Å². The fourth-order valence-corrected chi connectivity index (χ4v) is 1.33. The predicted molar refractivity (Wildman–Crippen MR) is 76.3 cm³/mol. The Hall–Kier alpha value is -2.13. The summed E-state index contributed by atoms with van der Waals surface area (Å²) in [5.41, 5.74) is 16.3. The number of carbonyl (C=O) groups excluding carboxylic acids is 1. The van der Waals surface area contributed by atoms with Crippen LogP contribution >= 0.6 is 11.6 Å². The number of nitrogens with two attached hydrogens (primary N) is 3. The number of hydrogen-bond acceptors (Lipinski definition) is 7. The van der Waals surface area contributed by atoms with E-state index in [1.807, 2.05) is 6.92 Å². The molecule has 7 N–H and O–H groups in total. The first-order valence-electron chi connectivity index (χ1n) is 5.73. The van der Waals surface area contributed by atoms with Gasteiger partial charge in [0.1, 0.15) is 0 Å². The lowest BCUT2D eigenvalue weighted by atomic mass is 10.4. The molecule has 1 aromatic rings. The molecule has 20 heavy (non-hydrogen) atoms. The molecule has 0 bridgehead atoms. The van der Waals surface area contributed by atoms with Crippen LogP contribution < -0.4 is 22.5 Å². The molecule has 0 fully saturated rings. The Bertz CT molecular complexity index is 521. The van der Waals surface area contributed by atoms with E-state index in [1.54, 1.807) is 0 Å². The summed E-state index contributed by atoms with van der Waals surface area (Å²) < 4.78 is 5.07. The van der Waals surface area contributed by atoms with Crippen molar-refractivity contribution < 1.29 is 9.53 Å². The van der Waals surface area contributed by atoms with Gasteiger partial charge in [-0.15, -0.1) is 0 Å². The van der Waals surface area contributed by atoms with Gasteiger partial charge in [-0.1, -0.05) is 11.6 Å². The van der Waals surface area contributed by atoms with Crippen LogP contribution in [0.2, 0.25) is 5.15 Å². The second kappa shape index (κ2) is 7.46. The average Bonchev–Trinajstić information content (AvgIpc) is 2.38. The fourth-order valence-electron chi connectivity index (χ4n) is 1.20. The molecule has 0 aliphatic heterocycles. The van der Waals surface area contributed by atoms with Crippen LogP contribution in [0.1, 0.15) is 17.4 Å². The molecule has 0 atom stereocenters. The van der Waals surface area contributed by atoms with Crippen LogP contribution in [0.15, 0.2) is 4.99 Å². The number of aliphatic imine (C=N–C) groups is 1. The lowest BCUT2D eigenvalue weighted by Gasteiger charge is -2.07. The molecule has 0 saturated heterocycles. The molecule has 0 aromatic carbocycles. The van der Waals surface area contributed by atoms with Gasteiger partial charge >= 0.3 is 0 Å². The van der Waals surface area contributed by atoms with Gasteiger partial charge in [0.25, 0.3) is 5.91 Å². The quantitative estimate of drug-likeness (QED) is 0.321. The molecule has 0 saturated carbocycles. The molecule has 10 heteroatoms. The van der Waals surface area contributed by atoms with Crippen molar-refractivity contribution in [1.29, 1.82) is 0 Å². The summed E-state index contributed by atoms with van der Waals surface area (Å²) >= 11 is 5.67. The maximum atomic E-state index is 11.8. The van der Waals surface area contributed by atoms with Gasteiger partial charge in [0.15, 0.2) is 28.4 Å². The topological polar surface area (TPSA) is 155 Å². The normalized spacial score (nSPS) is 11.4. The van der Waals surface area contributed by atoms with Crippen LogP contribution in [0.4, 0.5) is 11.6 Å². The van der Waals surface area contributed by atoms with Crippen LogP contribution in [-0.4, -0.2) is 41.6 Å². The highest BCUT2D eigenvalue weighted by Crippen LogP contribution is 2.16. The van der Waals surface area contributed by atoms with Gasteiger partial charge in [0, 0.05) is 6.61 Å². The Labute approximate surface area is 120 Å². The predicted octanol–water partition coefficient (Wildman–Crippen LogP) is -0.625. The van der Waals surface area contributed by atoms with E-state index in [-0.39, 0.29) is 28.4 Å². The molecule has 1 aromatic heterocycles. The van der Waals surface area contributed by atoms with E-state index in [9.17, 15) is 4.79 Å². The highest BCUT2D eigenvalue weighted by Gasteiger charge is 2.16. The molecule has 1 heterocycles. The third-order valence-corrected chi connectivity index (χ3v) is 2.36. The first kappa shape index (κ1) is 15.9. The number of rotatable bonds is 5. The number of nitrogens with one attached hydrogen (secondary N) is 1. The summed E-state index contributed by atoms with van der Waals surface area (Å²) in [7, 11) is 0. The van der Waals surface area contributed by atoms with E-state index >= 15 is 0 Å². The van der Waals surface area contributed by atoms with Crippen molar-refractivity contribution in [3.8, 4) is 0 Å². The van der Waals surface area contributed by atoms with Gasteiger partial charge in [-0.25, -0.2) is 9.97 Å². The zero-order chi connectivity index (χ0) is 15.1. The third-order valence-electron chi connectivity index (χ3n) is 2.08. The van der Waals surface area contributed by atoms with E-state index in [0.717, 1.165) is 0 Å². The summed E-state index contributed by atoms with van der Waals surface area (Å²) in [6.07, 6.45) is 0. The number of halogens is 1. The molecule has 0 radical (unpaired) electrons. The van der Waals surface area contributed by atoms with Gasteiger partial charge < -0.3 is 21.9 Å². The number of guanidine groups is 1. The maximum absolute atomic E-state index is 11.8. The maximum Gasteiger partial charge on any atom is 0.280 e. The Morgan fingerprint density at radius 3 is 2.75 bits per heavy atom. The molecule has 0 unspecified atom stereocenters. The SMILES string of the molecule is CCOCCN=C(N)NC(=O)c1nc(Cl)c(N)nc1N. The second-order valence-electron chi connectivity index (χ2n) is 3.55. The van der Waals surface area contributed by atoms with Crippen LogP contribution in [0, 0.1) is 0 Å². The third kappa shape index (κ3) is 4.52. The van der Waals surface area contributed by atoms with Crippen molar-refractivity contribution in [3.05, 3.63) is 10.8 Å². The number of nitrogens with zero attached hydrogens (tertiary/aromatic N) is 3. The van der Waals surface area contributed by atoms with Crippen molar-refractivity contribution >= 4 is 35.1 Å². The number of ether oxygens (including phenoxy) is 1. The molecule has 1 rings (SSSR count). The fraction of sp³-hybridized carbons (Fsp3) is 0.400. The zero-order valence-corrected chi connectivity index (χ0v) is 11.6. The molecular formula is C10H16ClN7O2. The van der Waals surface area contributed by atoms with E-state index < -0.39 is 5.91 Å². The zero-order valence-electron chi connectivity index (χ0n) is 10.9. The highest BCUT2D eigenvalue weighted by molar-refractivity contribution is 6.31. The summed E-state index contributed by atoms with van der Waals surface area (Å²) in [4.78, 5) is 23.2. The minimum Gasteiger partial charge on any atom is -0.382 e. The monoisotopic (exact) mass is 301 g/mol. The standard InChI is InChI=1S/C10H16ClN7O2/c1-2-20-4-3-15-10(14)18-9(19)5-7(12)17-8(13)6(11)16-5/h2-4H2,1H3,(H4,12,13,17)(H3,14,15,18,19). The molecule has 0 aliphatic rings. The molecular weight excluding hydrogens is 286 g/mol. The summed E-state index contributed by atoms with van der Waals surface area (Å²) in [6, 6.07) is 0. The molecule has 0 aliphatic carbocycles. The minimum atomic E-state index is -0.672. The van der Waals surface area contributed by atoms with Crippen molar-refractivity contribution in [2.24, 2.45) is 10.7 Å². The number of carbonyl (C=O) groups is 1. The summed E-state index contributed by atoms with van der Waals surface area (Å²) in [6.45, 7) is 3.17. The van der Waals surface area contributed by atoms with Gasteiger partial charge in [-0.3, -0.25) is 15.1 Å². The van der Waals surface area contributed by atoms with Crippen molar-refractivity contribution in [3.63, 3.8) is 0 Å². The largest absolute Gasteiger partial charge is 0.382 e.